The highest BCUT2D eigenvalue weighted by Crippen LogP contribution is 2.31. The monoisotopic (exact) mass is 677 g/mol. The van der Waals surface area contributed by atoms with Crippen molar-refractivity contribution in [3.05, 3.63) is 75.8 Å². The summed E-state index contributed by atoms with van der Waals surface area (Å²) in [5, 5.41) is 12.5. The summed E-state index contributed by atoms with van der Waals surface area (Å²) in [5.41, 5.74) is -0.557. The number of halogens is 2. The summed E-state index contributed by atoms with van der Waals surface area (Å²) in [6, 6.07) is 10.9. The summed E-state index contributed by atoms with van der Waals surface area (Å²) in [7, 11) is 2.46. The van der Waals surface area contributed by atoms with Crippen LogP contribution in [0.2, 0.25) is 10.0 Å². The van der Waals surface area contributed by atoms with E-state index in [4.69, 9.17) is 51.6 Å². The van der Waals surface area contributed by atoms with Gasteiger partial charge in [-0.2, -0.15) is 0 Å². The molecule has 1 amide bonds. The van der Waals surface area contributed by atoms with Gasteiger partial charge in [-0.25, -0.2) is 14.4 Å². The van der Waals surface area contributed by atoms with Crippen molar-refractivity contribution in [1.82, 2.24) is 0 Å². The predicted octanol–water partition coefficient (Wildman–Crippen LogP) is 4.34. The van der Waals surface area contributed by atoms with Crippen LogP contribution in [0.5, 0.6) is 23.0 Å². The van der Waals surface area contributed by atoms with Gasteiger partial charge in [0, 0.05) is 18.9 Å². The highest BCUT2D eigenvalue weighted by Gasteiger charge is 2.41. The third kappa shape index (κ3) is 9.09. The van der Waals surface area contributed by atoms with Gasteiger partial charge >= 0.3 is 29.8 Å². The van der Waals surface area contributed by atoms with Crippen LogP contribution in [0.1, 0.15) is 34.6 Å². The molecule has 0 fully saturated rings. The number of hydrogen-bond donors (Lipinski definition) is 2. The lowest BCUT2D eigenvalue weighted by Gasteiger charge is -2.24. The van der Waals surface area contributed by atoms with Gasteiger partial charge in [0.05, 0.1) is 36.1 Å². The maximum absolute atomic E-state index is 13.4. The number of carbonyl (C=O) groups is 6. The largest absolute Gasteiger partial charge is 0.493 e. The van der Waals surface area contributed by atoms with E-state index in [2.05, 4.69) is 5.32 Å². The van der Waals surface area contributed by atoms with Crippen LogP contribution >= 0.6 is 23.2 Å². The van der Waals surface area contributed by atoms with Crippen LogP contribution in [0.4, 0.5) is 5.69 Å². The first-order valence-electron chi connectivity index (χ1n) is 12.9. The molecule has 0 aromatic heterocycles. The van der Waals surface area contributed by atoms with E-state index >= 15 is 0 Å². The smallest absolute Gasteiger partial charge is 0.349 e. The molecule has 0 unspecified atom stereocenters. The first kappa shape index (κ1) is 35.1. The Morgan fingerprint density at radius 1 is 0.674 bits per heavy atom. The average molecular weight is 678 g/mol. The molecule has 2 atom stereocenters. The zero-order chi connectivity index (χ0) is 34.1. The number of methoxy groups -OCH3 is 2. The van der Waals surface area contributed by atoms with Crippen LogP contribution in [0.25, 0.3) is 0 Å². The van der Waals surface area contributed by atoms with Crippen molar-refractivity contribution < 1.29 is 62.3 Å². The number of nitrogens with one attached hydrogen (secondary N) is 1. The molecule has 3 aromatic carbocycles. The number of hydrogen-bond acceptors (Lipinski definition) is 12. The summed E-state index contributed by atoms with van der Waals surface area (Å²) >= 11 is 12.0. The number of esters is 4. The third-order valence-electron chi connectivity index (χ3n) is 5.74. The SMILES string of the molecule is COc1cc(C(=O)O[C@H](C(=O)Nc2ccc(Cl)cc2Cl)[C@@H](OC(=O)c2ccc(OC(C)=O)c(OC)c2)C(=O)O)ccc1OC(C)=O. The Balaban J connectivity index is 1.99. The van der Waals surface area contributed by atoms with Gasteiger partial charge in [0.15, 0.2) is 23.0 Å². The van der Waals surface area contributed by atoms with Gasteiger partial charge in [-0.05, 0) is 54.6 Å². The average Bonchev–Trinajstić information content (AvgIpc) is 2.99. The molecule has 16 heteroatoms. The Kier molecular flexibility index (Phi) is 11.9. The molecule has 0 saturated heterocycles. The van der Waals surface area contributed by atoms with Crippen LogP contribution in [0.15, 0.2) is 54.6 Å². The fourth-order valence-electron chi connectivity index (χ4n) is 3.72. The number of ether oxygens (including phenoxy) is 6. The number of aliphatic carboxylic acids is 1. The summed E-state index contributed by atoms with van der Waals surface area (Å²) in [6.45, 7) is 2.29. The molecule has 0 aliphatic rings. The standard InChI is InChI=1S/C30H25Cl2NO13/c1-14(34)43-21-9-5-16(11-23(21)41-3)29(39)45-25(27(36)33-20-8-7-18(31)13-19(20)32)26(28(37)38)46-30(40)17-6-10-22(44-15(2)35)24(12-17)42-4/h5-13,25-26H,1-4H3,(H,33,36)(H,37,38)/t25-,26+/m0/s1. The minimum atomic E-state index is -2.41. The second-order valence-corrected chi connectivity index (χ2v) is 9.87. The Morgan fingerprint density at radius 2 is 1.15 bits per heavy atom. The van der Waals surface area contributed by atoms with Crippen molar-refractivity contribution >= 4 is 64.6 Å². The summed E-state index contributed by atoms with van der Waals surface area (Å²) < 4.78 is 30.7. The Hall–Kier alpha value is -5.34. The molecule has 3 aromatic rings. The van der Waals surface area contributed by atoms with Crippen molar-refractivity contribution in [3.63, 3.8) is 0 Å². The van der Waals surface area contributed by atoms with E-state index in [-0.39, 0.29) is 49.9 Å². The fourth-order valence-corrected chi connectivity index (χ4v) is 4.18. The van der Waals surface area contributed by atoms with Crippen molar-refractivity contribution in [2.45, 2.75) is 26.1 Å². The van der Waals surface area contributed by atoms with Crippen molar-refractivity contribution in [3.8, 4) is 23.0 Å². The molecular formula is C30H25Cl2NO13. The van der Waals surface area contributed by atoms with Crippen LogP contribution in [0, 0.1) is 0 Å². The number of rotatable bonds is 12. The first-order valence-corrected chi connectivity index (χ1v) is 13.6. The lowest BCUT2D eigenvalue weighted by molar-refractivity contribution is -0.157. The molecule has 46 heavy (non-hydrogen) atoms. The molecule has 3 rings (SSSR count). The molecule has 0 heterocycles. The normalized spacial score (nSPS) is 11.7. The zero-order valence-corrected chi connectivity index (χ0v) is 26.0. The lowest BCUT2D eigenvalue weighted by Crippen LogP contribution is -2.48. The Labute approximate surface area is 271 Å². The summed E-state index contributed by atoms with van der Waals surface area (Å²) in [5.74, 6) is -7.18. The van der Waals surface area contributed by atoms with Crippen molar-refractivity contribution in [2.75, 3.05) is 19.5 Å². The van der Waals surface area contributed by atoms with E-state index < -0.39 is 48.0 Å². The Morgan fingerprint density at radius 3 is 1.57 bits per heavy atom. The van der Waals surface area contributed by atoms with Crippen LogP contribution in [0.3, 0.4) is 0 Å². The third-order valence-corrected chi connectivity index (χ3v) is 6.29. The van der Waals surface area contributed by atoms with Crippen molar-refractivity contribution in [1.29, 1.82) is 0 Å². The lowest BCUT2D eigenvalue weighted by atomic mass is 10.1. The summed E-state index contributed by atoms with van der Waals surface area (Å²) in [6.07, 6.45) is -4.72. The van der Waals surface area contributed by atoms with Gasteiger partial charge in [0.2, 0.25) is 12.2 Å². The quantitative estimate of drug-likeness (QED) is 0.204. The van der Waals surface area contributed by atoms with E-state index in [1.807, 2.05) is 0 Å². The molecule has 2 N–H and O–H groups in total. The predicted molar refractivity (Wildman–Crippen MR) is 160 cm³/mol. The molecule has 0 radical (unpaired) electrons. The van der Waals surface area contributed by atoms with Gasteiger partial charge in [0.25, 0.3) is 5.91 Å². The van der Waals surface area contributed by atoms with E-state index in [1.54, 1.807) is 0 Å². The topological polar surface area (TPSA) is 190 Å². The van der Waals surface area contributed by atoms with Gasteiger partial charge in [-0.3, -0.25) is 14.4 Å². The second kappa shape index (κ2) is 15.6. The highest BCUT2D eigenvalue weighted by atomic mass is 35.5. The molecule has 14 nitrogen and oxygen atoms in total. The van der Waals surface area contributed by atoms with Crippen molar-refractivity contribution in [2.24, 2.45) is 0 Å². The van der Waals surface area contributed by atoms with Gasteiger partial charge in [-0.1, -0.05) is 23.2 Å². The molecule has 0 bridgehead atoms. The molecule has 0 spiro atoms. The number of anilines is 1. The minimum Gasteiger partial charge on any atom is -0.493 e. The van der Waals surface area contributed by atoms with Crippen LogP contribution in [-0.4, -0.2) is 67.3 Å². The number of carboxylic acids is 1. The van der Waals surface area contributed by atoms with E-state index in [0.29, 0.717) is 0 Å². The minimum absolute atomic E-state index is 0.0363. The Bertz CT molecular complexity index is 1690. The summed E-state index contributed by atoms with van der Waals surface area (Å²) in [4.78, 5) is 74.9. The zero-order valence-electron chi connectivity index (χ0n) is 24.5. The van der Waals surface area contributed by atoms with Gasteiger partial charge in [0.1, 0.15) is 0 Å². The van der Waals surface area contributed by atoms with Gasteiger partial charge in [-0.15, -0.1) is 0 Å². The molecular weight excluding hydrogens is 653 g/mol. The molecule has 242 valence electrons. The number of amides is 1. The first-order chi connectivity index (χ1) is 21.7. The fraction of sp³-hybridized carbons (Fsp3) is 0.200. The van der Waals surface area contributed by atoms with E-state index in [1.165, 1.54) is 44.6 Å². The van der Waals surface area contributed by atoms with Crippen LogP contribution < -0.4 is 24.3 Å². The molecule has 0 aliphatic carbocycles. The van der Waals surface area contributed by atoms with Crippen LogP contribution in [-0.2, 0) is 28.7 Å². The number of carbonyl (C=O) groups excluding carboxylic acids is 5. The number of benzene rings is 3. The number of carboxylic acid groups (broad SMARTS) is 1. The van der Waals surface area contributed by atoms with E-state index in [9.17, 15) is 33.9 Å². The molecule has 0 saturated carbocycles. The van der Waals surface area contributed by atoms with Gasteiger partial charge < -0.3 is 38.8 Å². The maximum Gasteiger partial charge on any atom is 0.349 e. The second-order valence-electron chi connectivity index (χ2n) is 9.02. The van der Waals surface area contributed by atoms with E-state index in [0.717, 1.165) is 38.1 Å². The maximum atomic E-state index is 13.4. The molecule has 0 aliphatic heterocycles. The highest BCUT2D eigenvalue weighted by molar-refractivity contribution is 6.36.